The minimum atomic E-state index is -0.447. The Bertz CT molecular complexity index is 919. The molecule has 0 unspecified atom stereocenters. The van der Waals surface area contributed by atoms with Gasteiger partial charge in [0.25, 0.3) is 5.69 Å². The highest BCUT2D eigenvalue weighted by Crippen LogP contribution is 2.39. The molecule has 8 heteroatoms. The predicted molar refractivity (Wildman–Crippen MR) is 87.8 cm³/mol. The van der Waals surface area contributed by atoms with Crippen molar-refractivity contribution in [3.8, 4) is 28.6 Å². The average molecular weight is 329 g/mol. The van der Waals surface area contributed by atoms with Crippen LogP contribution in [-0.4, -0.2) is 36.2 Å². The first-order valence-corrected chi connectivity index (χ1v) is 7.02. The van der Waals surface area contributed by atoms with E-state index in [1.165, 1.54) is 33.5 Å². The van der Waals surface area contributed by atoms with E-state index in [0.717, 1.165) is 0 Å². The molecule has 124 valence electrons. The Morgan fingerprint density at radius 2 is 1.67 bits per heavy atom. The Morgan fingerprint density at radius 3 is 2.29 bits per heavy atom. The molecule has 1 N–H and O–H groups in total. The van der Waals surface area contributed by atoms with E-state index in [-0.39, 0.29) is 5.69 Å². The standard InChI is InChI=1S/C16H15N3O5/c1-22-13-8-15(24-3)14(23-2)7-10(13)16-17-11-5-4-9(19(20)21)6-12(11)18-16/h4-8H,1-3H3,(H,17,18). The molecule has 0 aliphatic heterocycles. The van der Waals surface area contributed by atoms with E-state index in [0.29, 0.717) is 39.7 Å². The van der Waals surface area contributed by atoms with Crippen LogP contribution >= 0.6 is 0 Å². The van der Waals surface area contributed by atoms with Crippen LogP contribution in [0.15, 0.2) is 30.3 Å². The second kappa shape index (κ2) is 6.07. The van der Waals surface area contributed by atoms with Crippen molar-refractivity contribution in [3.63, 3.8) is 0 Å². The zero-order valence-electron chi connectivity index (χ0n) is 13.3. The van der Waals surface area contributed by atoms with Crippen LogP contribution in [0.4, 0.5) is 5.69 Å². The first-order chi connectivity index (χ1) is 11.6. The van der Waals surface area contributed by atoms with Crippen molar-refractivity contribution in [2.75, 3.05) is 21.3 Å². The molecule has 1 aromatic heterocycles. The molecule has 3 rings (SSSR count). The normalized spacial score (nSPS) is 10.6. The van der Waals surface area contributed by atoms with E-state index >= 15 is 0 Å². The molecule has 0 atom stereocenters. The summed E-state index contributed by atoms with van der Waals surface area (Å²) >= 11 is 0. The van der Waals surface area contributed by atoms with Gasteiger partial charge < -0.3 is 19.2 Å². The fraction of sp³-hybridized carbons (Fsp3) is 0.188. The van der Waals surface area contributed by atoms with Gasteiger partial charge in [0, 0.05) is 18.2 Å². The van der Waals surface area contributed by atoms with Gasteiger partial charge in [-0.25, -0.2) is 4.98 Å². The molecule has 0 fully saturated rings. The van der Waals surface area contributed by atoms with Gasteiger partial charge in [0.2, 0.25) is 0 Å². The van der Waals surface area contributed by atoms with E-state index in [9.17, 15) is 10.1 Å². The van der Waals surface area contributed by atoms with E-state index in [1.54, 1.807) is 18.2 Å². The van der Waals surface area contributed by atoms with Crippen molar-refractivity contribution in [3.05, 3.63) is 40.4 Å². The molecular weight excluding hydrogens is 314 g/mol. The molecule has 8 nitrogen and oxygen atoms in total. The number of ether oxygens (including phenoxy) is 3. The van der Waals surface area contributed by atoms with Gasteiger partial charge in [-0.05, 0) is 12.1 Å². The number of hydrogen-bond acceptors (Lipinski definition) is 6. The molecule has 0 bridgehead atoms. The Hall–Kier alpha value is -3.29. The minimum absolute atomic E-state index is 0.00280. The van der Waals surface area contributed by atoms with Crippen molar-refractivity contribution in [1.29, 1.82) is 0 Å². The van der Waals surface area contributed by atoms with Crippen LogP contribution in [0.25, 0.3) is 22.4 Å². The summed E-state index contributed by atoms with van der Waals surface area (Å²) in [6.45, 7) is 0. The number of fused-ring (bicyclic) bond motifs is 1. The number of benzene rings is 2. The Morgan fingerprint density at radius 1 is 1.00 bits per heavy atom. The maximum Gasteiger partial charge on any atom is 0.271 e. The van der Waals surface area contributed by atoms with Crippen molar-refractivity contribution in [2.24, 2.45) is 0 Å². The van der Waals surface area contributed by atoms with Gasteiger partial charge in [-0.2, -0.15) is 0 Å². The first kappa shape index (κ1) is 15.6. The lowest BCUT2D eigenvalue weighted by atomic mass is 10.1. The highest BCUT2D eigenvalue weighted by atomic mass is 16.6. The number of non-ortho nitro benzene ring substituents is 1. The molecular formula is C16H15N3O5. The lowest BCUT2D eigenvalue weighted by Gasteiger charge is -2.12. The van der Waals surface area contributed by atoms with Crippen molar-refractivity contribution >= 4 is 16.7 Å². The van der Waals surface area contributed by atoms with Crippen LogP contribution in [0.3, 0.4) is 0 Å². The monoisotopic (exact) mass is 329 g/mol. The Labute approximate surface area is 137 Å². The summed E-state index contributed by atoms with van der Waals surface area (Å²) < 4.78 is 16.0. The molecule has 0 aliphatic carbocycles. The smallest absolute Gasteiger partial charge is 0.271 e. The zero-order valence-corrected chi connectivity index (χ0v) is 13.3. The minimum Gasteiger partial charge on any atom is -0.496 e. The fourth-order valence-corrected chi connectivity index (χ4v) is 2.45. The van der Waals surface area contributed by atoms with Crippen LogP contribution in [0.5, 0.6) is 17.2 Å². The lowest BCUT2D eigenvalue weighted by molar-refractivity contribution is -0.384. The summed E-state index contributed by atoms with van der Waals surface area (Å²) in [5.41, 5.74) is 1.84. The molecule has 0 spiro atoms. The quantitative estimate of drug-likeness (QED) is 0.570. The zero-order chi connectivity index (χ0) is 17.3. The van der Waals surface area contributed by atoms with Crippen LogP contribution in [0.1, 0.15) is 0 Å². The summed E-state index contributed by atoms with van der Waals surface area (Å²) in [4.78, 5) is 18.0. The number of nitro groups is 1. The highest BCUT2D eigenvalue weighted by molar-refractivity contribution is 5.83. The number of nitro benzene ring substituents is 1. The predicted octanol–water partition coefficient (Wildman–Crippen LogP) is 3.16. The summed E-state index contributed by atoms with van der Waals surface area (Å²) in [6, 6.07) is 7.89. The van der Waals surface area contributed by atoms with Crippen molar-refractivity contribution in [2.45, 2.75) is 0 Å². The number of rotatable bonds is 5. The summed E-state index contributed by atoms with van der Waals surface area (Å²) in [7, 11) is 4.62. The molecule has 0 radical (unpaired) electrons. The van der Waals surface area contributed by atoms with E-state index in [1.807, 2.05) is 0 Å². The molecule has 0 saturated carbocycles. The fourth-order valence-electron chi connectivity index (χ4n) is 2.45. The second-order valence-corrected chi connectivity index (χ2v) is 4.95. The van der Waals surface area contributed by atoms with Crippen LogP contribution in [0.2, 0.25) is 0 Å². The van der Waals surface area contributed by atoms with Crippen LogP contribution < -0.4 is 14.2 Å². The molecule has 0 aliphatic rings. The second-order valence-electron chi connectivity index (χ2n) is 4.95. The topological polar surface area (TPSA) is 99.5 Å². The first-order valence-electron chi connectivity index (χ1n) is 7.02. The van der Waals surface area contributed by atoms with Gasteiger partial charge in [-0.1, -0.05) is 0 Å². The third-order valence-electron chi connectivity index (χ3n) is 3.64. The van der Waals surface area contributed by atoms with Gasteiger partial charge in [0.1, 0.15) is 11.6 Å². The number of aromatic nitrogens is 2. The molecule has 0 amide bonds. The van der Waals surface area contributed by atoms with Gasteiger partial charge >= 0.3 is 0 Å². The number of aromatic amines is 1. The number of nitrogens with zero attached hydrogens (tertiary/aromatic N) is 2. The Kier molecular flexibility index (Phi) is 3.95. The van der Waals surface area contributed by atoms with Gasteiger partial charge in [0.05, 0.1) is 42.8 Å². The van der Waals surface area contributed by atoms with Crippen molar-refractivity contribution < 1.29 is 19.1 Å². The van der Waals surface area contributed by atoms with Gasteiger partial charge in [-0.3, -0.25) is 10.1 Å². The Balaban J connectivity index is 2.17. The third kappa shape index (κ3) is 2.58. The summed E-state index contributed by atoms with van der Waals surface area (Å²) in [6.07, 6.45) is 0. The summed E-state index contributed by atoms with van der Waals surface area (Å²) in [5.74, 6) is 2.12. The molecule has 0 saturated heterocycles. The number of imidazole rings is 1. The van der Waals surface area contributed by atoms with Gasteiger partial charge in [0.15, 0.2) is 11.5 Å². The lowest BCUT2D eigenvalue weighted by Crippen LogP contribution is -1.95. The number of methoxy groups -OCH3 is 3. The van der Waals surface area contributed by atoms with Gasteiger partial charge in [-0.15, -0.1) is 0 Å². The maximum absolute atomic E-state index is 10.9. The maximum atomic E-state index is 10.9. The average Bonchev–Trinajstić information content (AvgIpc) is 3.03. The molecule has 24 heavy (non-hydrogen) atoms. The van der Waals surface area contributed by atoms with E-state index in [2.05, 4.69) is 9.97 Å². The number of H-pyrrole nitrogens is 1. The molecule has 3 aromatic rings. The number of nitrogens with one attached hydrogen (secondary N) is 1. The highest BCUT2D eigenvalue weighted by Gasteiger charge is 2.17. The van der Waals surface area contributed by atoms with Crippen LogP contribution in [-0.2, 0) is 0 Å². The van der Waals surface area contributed by atoms with Crippen LogP contribution in [0, 0.1) is 10.1 Å². The molecule has 2 aromatic carbocycles. The van der Waals surface area contributed by atoms with E-state index < -0.39 is 4.92 Å². The third-order valence-corrected chi connectivity index (χ3v) is 3.64. The summed E-state index contributed by atoms with van der Waals surface area (Å²) in [5, 5.41) is 10.9. The SMILES string of the molecule is COc1cc(OC)c(-c2nc3ccc([N+](=O)[O-])cc3[nH]2)cc1OC. The number of hydrogen-bond donors (Lipinski definition) is 1. The van der Waals surface area contributed by atoms with E-state index in [4.69, 9.17) is 14.2 Å². The molecule has 1 heterocycles. The largest absolute Gasteiger partial charge is 0.496 e. The van der Waals surface area contributed by atoms with Crippen molar-refractivity contribution in [1.82, 2.24) is 9.97 Å².